The molecular formula is C10H18O3SSi. The van der Waals surface area contributed by atoms with Gasteiger partial charge < -0.3 is 4.74 Å². The van der Waals surface area contributed by atoms with Crippen molar-refractivity contribution in [3.8, 4) is 0 Å². The van der Waals surface area contributed by atoms with Crippen LogP contribution in [0.15, 0.2) is 0 Å². The van der Waals surface area contributed by atoms with Crippen molar-refractivity contribution >= 4 is 31.8 Å². The Morgan fingerprint density at radius 3 is 2.53 bits per heavy atom. The third-order valence-corrected chi connectivity index (χ3v) is 5.36. The van der Waals surface area contributed by atoms with E-state index >= 15 is 0 Å². The molecule has 1 saturated heterocycles. The van der Waals surface area contributed by atoms with Gasteiger partial charge in [0.25, 0.3) is 0 Å². The highest BCUT2D eigenvalue weighted by Crippen LogP contribution is 2.24. The van der Waals surface area contributed by atoms with Gasteiger partial charge in [-0.25, -0.2) is 0 Å². The molecule has 1 unspecified atom stereocenters. The summed E-state index contributed by atoms with van der Waals surface area (Å²) in [6, 6.07) is 1.27. The summed E-state index contributed by atoms with van der Waals surface area (Å²) in [5, 5.41) is -0.237. The molecule has 1 aliphatic heterocycles. The molecule has 1 atom stereocenters. The van der Waals surface area contributed by atoms with Gasteiger partial charge in [-0.3, -0.25) is 9.59 Å². The van der Waals surface area contributed by atoms with Gasteiger partial charge in [0.05, 0.1) is 6.42 Å². The highest BCUT2D eigenvalue weighted by atomic mass is 32.2. The minimum Gasteiger partial charge on any atom is -0.392 e. The Morgan fingerprint density at radius 1 is 1.40 bits per heavy atom. The molecule has 0 aliphatic carbocycles. The second-order valence-corrected chi connectivity index (χ2v) is 12.0. The van der Waals surface area contributed by atoms with Crippen LogP contribution < -0.4 is 0 Å². The van der Waals surface area contributed by atoms with Gasteiger partial charge in [-0.15, -0.1) is 11.8 Å². The smallest absolute Gasteiger partial charge is 0.327 e. The Kier molecular flexibility index (Phi) is 4.40. The molecule has 0 bridgehead atoms. The van der Waals surface area contributed by atoms with Gasteiger partial charge in [-0.05, 0) is 12.2 Å². The number of esters is 2. The molecule has 0 N–H and O–H groups in total. The van der Waals surface area contributed by atoms with Gasteiger partial charge in [0.1, 0.15) is 5.25 Å². The third-order valence-electron chi connectivity index (χ3n) is 2.22. The van der Waals surface area contributed by atoms with Crippen molar-refractivity contribution in [2.24, 2.45) is 0 Å². The van der Waals surface area contributed by atoms with Crippen LogP contribution in [-0.2, 0) is 14.3 Å². The Morgan fingerprint density at radius 2 is 2.07 bits per heavy atom. The fourth-order valence-corrected chi connectivity index (χ4v) is 3.94. The van der Waals surface area contributed by atoms with E-state index in [1.165, 1.54) is 6.04 Å². The zero-order valence-electron chi connectivity index (χ0n) is 9.54. The number of carbonyl (C=O) groups excluding carboxylic acids is 2. The van der Waals surface area contributed by atoms with E-state index in [0.717, 1.165) is 12.2 Å². The number of cyclic esters (lactones) is 2. The summed E-state index contributed by atoms with van der Waals surface area (Å²) in [6.45, 7) is 7.01. The topological polar surface area (TPSA) is 43.4 Å². The van der Waals surface area contributed by atoms with Crippen molar-refractivity contribution in [2.75, 3.05) is 5.75 Å². The van der Waals surface area contributed by atoms with Gasteiger partial charge in [0, 0.05) is 8.07 Å². The molecule has 1 rings (SSSR count). The second-order valence-electron chi connectivity index (χ2n) is 5.02. The molecule has 0 aromatic heterocycles. The van der Waals surface area contributed by atoms with Crippen LogP contribution in [0.2, 0.25) is 25.7 Å². The van der Waals surface area contributed by atoms with E-state index < -0.39 is 8.07 Å². The first kappa shape index (κ1) is 12.8. The molecule has 1 heterocycles. The standard InChI is InChI=1S/C10H18O3SSi/c1-15(2,3)6-4-5-14-8-7-9(11)13-10(8)12/h8H,4-7H2,1-3H3. The highest BCUT2D eigenvalue weighted by Gasteiger charge is 2.33. The molecule has 1 fully saturated rings. The average molecular weight is 246 g/mol. The predicted octanol–water partition coefficient (Wildman–Crippen LogP) is 2.29. The lowest BCUT2D eigenvalue weighted by molar-refractivity contribution is -0.151. The van der Waals surface area contributed by atoms with Crippen LogP contribution in [0.3, 0.4) is 0 Å². The highest BCUT2D eigenvalue weighted by molar-refractivity contribution is 8.00. The van der Waals surface area contributed by atoms with Crippen LogP contribution in [0, 0.1) is 0 Å². The van der Waals surface area contributed by atoms with Crippen LogP contribution in [0.4, 0.5) is 0 Å². The molecule has 1 aliphatic rings. The summed E-state index contributed by atoms with van der Waals surface area (Å²) < 4.78 is 4.48. The van der Waals surface area contributed by atoms with Crippen molar-refractivity contribution in [3.05, 3.63) is 0 Å². The summed E-state index contributed by atoms with van der Waals surface area (Å²) in [5.74, 6) is 0.234. The molecular weight excluding hydrogens is 228 g/mol. The minimum atomic E-state index is -0.961. The summed E-state index contributed by atoms with van der Waals surface area (Å²) in [7, 11) is -0.961. The molecule has 0 amide bonds. The summed E-state index contributed by atoms with van der Waals surface area (Å²) >= 11 is 1.56. The molecule has 0 aromatic rings. The lowest BCUT2D eigenvalue weighted by Gasteiger charge is -2.15. The monoisotopic (exact) mass is 246 g/mol. The van der Waals surface area contributed by atoms with Crippen LogP contribution in [-0.4, -0.2) is 31.0 Å². The SMILES string of the molecule is C[Si](C)(C)CCCSC1CC(=O)OC1=O. The molecule has 0 radical (unpaired) electrons. The number of thioether (sulfide) groups is 1. The number of hydrogen-bond acceptors (Lipinski definition) is 4. The van der Waals surface area contributed by atoms with Gasteiger partial charge in [0.15, 0.2) is 0 Å². The van der Waals surface area contributed by atoms with Gasteiger partial charge >= 0.3 is 11.9 Å². The Bertz CT molecular complexity index is 260. The fourth-order valence-electron chi connectivity index (χ4n) is 1.41. The number of ether oxygens (including phenoxy) is 1. The van der Waals surface area contributed by atoms with Crippen molar-refractivity contribution < 1.29 is 14.3 Å². The zero-order chi connectivity index (χ0) is 11.5. The van der Waals surface area contributed by atoms with Crippen LogP contribution in [0.1, 0.15) is 12.8 Å². The van der Waals surface area contributed by atoms with Crippen molar-refractivity contribution in [2.45, 2.75) is 43.8 Å². The van der Waals surface area contributed by atoms with Gasteiger partial charge in [-0.2, -0.15) is 0 Å². The summed E-state index contributed by atoms with van der Waals surface area (Å²) in [4.78, 5) is 21.9. The van der Waals surface area contributed by atoms with Gasteiger partial charge in [-0.1, -0.05) is 25.7 Å². The maximum atomic E-state index is 11.1. The van der Waals surface area contributed by atoms with E-state index in [-0.39, 0.29) is 23.6 Å². The number of carbonyl (C=O) groups is 2. The fraction of sp³-hybridized carbons (Fsp3) is 0.800. The maximum Gasteiger partial charge on any atom is 0.327 e. The molecule has 86 valence electrons. The van der Waals surface area contributed by atoms with E-state index in [4.69, 9.17) is 0 Å². The third kappa shape index (κ3) is 4.84. The molecule has 5 heteroatoms. The lowest BCUT2D eigenvalue weighted by atomic mass is 10.4. The average Bonchev–Trinajstić information content (AvgIpc) is 2.37. The maximum absolute atomic E-state index is 11.1. The molecule has 0 saturated carbocycles. The Labute approximate surface area is 96.0 Å². The normalized spacial score (nSPS) is 21.9. The van der Waals surface area contributed by atoms with E-state index in [1.807, 2.05) is 0 Å². The molecule has 0 spiro atoms. The minimum absolute atomic E-state index is 0.237. The number of rotatable bonds is 5. The molecule has 3 nitrogen and oxygen atoms in total. The van der Waals surface area contributed by atoms with E-state index in [1.54, 1.807) is 11.8 Å². The zero-order valence-corrected chi connectivity index (χ0v) is 11.4. The largest absolute Gasteiger partial charge is 0.392 e. The first-order valence-corrected chi connectivity index (χ1v) is 10.0. The van der Waals surface area contributed by atoms with E-state index in [0.29, 0.717) is 0 Å². The Hall–Kier alpha value is -0.293. The quantitative estimate of drug-likeness (QED) is 0.323. The summed E-state index contributed by atoms with van der Waals surface area (Å²) in [6.07, 6.45) is 1.40. The predicted molar refractivity (Wildman–Crippen MR) is 64.7 cm³/mol. The van der Waals surface area contributed by atoms with E-state index in [9.17, 15) is 9.59 Å². The van der Waals surface area contributed by atoms with E-state index in [2.05, 4.69) is 24.4 Å². The van der Waals surface area contributed by atoms with Crippen LogP contribution in [0.25, 0.3) is 0 Å². The summed E-state index contributed by atoms with van der Waals surface area (Å²) in [5.41, 5.74) is 0. The van der Waals surface area contributed by atoms with Crippen molar-refractivity contribution in [1.29, 1.82) is 0 Å². The van der Waals surface area contributed by atoms with Crippen LogP contribution in [0.5, 0.6) is 0 Å². The second kappa shape index (κ2) is 5.16. The number of hydrogen-bond donors (Lipinski definition) is 0. The van der Waals surface area contributed by atoms with Gasteiger partial charge in [0.2, 0.25) is 0 Å². The molecule has 0 aromatic carbocycles. The lowest BCUT2D eigenvalue weighted by Crippen LogP contribution is -2.19. The first-order chi connectivity index (χ1) is 6.88. The first-order valence-electron chi connectivity index (χ1n) is 5.24. The van der Waals surface area contributed by atoms with Crippen molar-refractivity contribution in [3.63, 3.8) is 0 Å². The molecule has 15 heavy (non-hydrogen) atoms. The van der Waals surface area contributed by atoms with Crippen LogP contribution >= 0.6 is 11.8 Å². The van der Waals surface area contributed by atoms with Crippen molar-refractivity contribution in [1.82, 2.24) is 0 Å². The Balaban J connectivity index is 2.16.